The van der Waals surface area contributed by atoms with Crippen molar-refractivity contribution in [2.45, 2.75) is 63.6 Å². The Morgan fingerprint density at radius 1 is 0.703 bits per heavy atom. The molecule has 2 aromatic rings. The van der Waals surface area contributed by atoms with Gasteiger partial charge in [-0.25, -0.2) is 35.1 Å². The smallest absolute Gasteiger partial charge is 0.512 e. The number of nitrogens with one attached hydrogen (secondary N) is 1. The molecule has 0 aliphatic carbocycles. The largest absolute Gasteiger partial charge is 1.00 e. The minimum absolute atomic E-state index is 0. The predicted octanol–water partition coefficient (Wildman–Crippen LogP) is -3.49. The first kappa shape index (κ1) is 39.9. The van der Waals surface area contributed by atoms with Gasteiger partial charge in [-0.1, -0.05) is 30.8 Å². The van der Waals surface area contributed by atoms with Crippen LogP contribution in [0.3, 0.4) is 0 Å². The molecule has 2 heterocycles. The van der Waals surface area contributed by atoms with Crippen LogP contribution in [-0.2, 0) is 47.2 Å². The zero-order valence-electron chi connectivity index (χ0n) is 20.5. The van der Waals surface area contributed by atoms with Crippen molar-refractivity contribution >= 4 is 20.0 Å². The Hall–Kier alpha value is -1.56. The summed E-state index contributed by atoms with van der Waals surface area (Å²) in [5.41, 5.74) is -12.3. The van der Waals surface area contributed by atoms with Crippen molar-refractivity contribution in [3.63, 3.8) is 0 Å². The van der Waals surface area contributed by atoms with E-state index in [0.29, 0.717) is 0 Å². The lowest BCUT2D eigenvalue weighted by atomic mass is 10.3. The van der Waals surface area contributed by atoms with Crippen LogP contribution in [0.15, 0.2) is 37.4 Å². The molecule has 0 bridgehead atoms. The molecular weight excluding hydrogens is 599 g/mol. The highest BCUT2D eigenvalue weighted by Crippen LogP contribution is 2.27. The van der Waals surface area contributed by atoms with Crippen molar-refractivity contribution < 1.29 is 77.1 Å². The molecule has 0 atom stereocenters. The van der Waals surface area contributed by atoms with Gasteiger partial charge in [0.05, 0.1) is 27.2 Å². The van der Waals surface area contributed by atoms with E-state index in [-0.39, 0.29) is 24.8 Å². The normalized spacial score (nSPS) is 11.7. The highest BCUT2D eigenvalue weighted by Gasteiger charge is 2.55. The second-order valence-electron chi connectivity index (χ2n) is 7.32. The fraction of sp³-hybridized carbons (Fsp3) is 0.667. The number of hydrogen-bond donors (Lipinski definition) is 1. The monoisotopic (exact) mass is 629 g/mol. The van der Waals surface area contributed by atoms with E-state index in [1.54, 1.807) is 0 Å². The molecule has 0 saturated heterocycles. The second kappa shape index (κ2) is 17.1. The van der Waals surface area contributed by atoms with Crippen molar-refractivity contribution in [1.29, 1.82) is 0 Å². The SMILES string of the molecule is CCCCn1cc[n+](C)c1.CCCCn1cc[n+](C)c1.O=S(=O)(NS(=O)(=O)C(F)(F)F)C(F)(F)F.[Cl-].[Cl-]. The van der Waals surface area contributed by atoms with Gasteiger partial charge < -0.3 is 24.8 Å². The molecule has 0 aliphatic heterocycles. The zero-order valence-corrected chi connectivity index (χ0v) is 23.6. The van der Waals surface area contributed by atoms with Gasteiger partial charge >= 0.3 is 31.1 Å². The number of aryl methyl sites for hydroxylation is 4. The Morgan fingerprint density at radius 2 is 1.00 bits per heavy atom. The quantitative estimate of drug-likeness (QED) is 0.242. The minimum atomic E-state index is -6.60. The average Bonchev–Trinajstić information content (AvgIpc) is 3.31. The Labute approximate surface area is 225 Å². The first-order valence-corrected chi connectivity index (χ1v) is 13.3. The van der Waals surface area contributed by atoms with Crippen LogP contribution in [0.25, 0.3) is 0 Å². The summed E-state index contributed by atoms with van der Waals surface area (Å²) in [5, 5.41) is 0. The Balaban J connectivity index is -0.000000468. The molecule has 220 valence electrons. The summed E-state index contributed by atoms with van der Waals surface area (Å²) in [6.45, 7) is 6.72. The number of unbranched alkanes of at least 4 members (excludes halogenated alkanes) is 2. The lowest BCUT2D eigenvalue weighted by Crippen LogP contribution is -3.00. The Bertz CT molecular complexity index is 1020. The topological polar surface area (TPSA) is 97.9 Å². The number of rotatable bonds is 8. The van der Waals surface area contributed by atoms with Gasteiger partial charge in [0.15, 0.2) is 0 Å². The van der Waals surface area contributed by atoms with Crippen LogP contribution in [0.5, 0.6) is 0 Å². The average molecular weight is 631 g/mol. The van der Waals surface area contributed by atoms with Crippen LogP contribution in [0.1, 0.15) is 39.5 Å². The van der Waals surface area contributed by atoms with E-state index in [0.717, 1.165) is 13.1 Å². The van der Waals surface area contributed by atoms with Gasteiger partial charge in [-0.05, 0) is 12.8 Å². The van der Waals surface area contributed by atoms with Crippen LogP contribution >= 0.6 is 0 Å². The molecule has 0 spiro atoms. The van der Waals surface area contributed by atoms with Gasteiger partial charge in [-0.2, -0.15) is 26.3 Å². The van der Waals surface area contributed by atoms with Crippen molar-refractivity contribution in [2.75, 3.05) is 0 Å². The number of imidazole rings is 2. The lowest BCUT2D eigenvalue weighted by Gasteiger charge is -2.11. The zero-order chi connectivity index (χ0) is 27.5. The molecule has 2 rings (SSSR count). The summed E-state index contributed by atoms with van der Waals surface area (Å²) < 4.78 is 117. The lowest BCUT2D eigenvalue weighted by molar-refractivity contribution is -0.671. The molecule has 0 aromatic carbocycles. The number of alkyl halides is 6. The van der Waals surface area contributed by atoms with Gasteiger partial charge in [-0.15, -0.1) is 0 Å². The van der Waals surface area contributed by atoms with Crippen molar-refractivity contribution in [3.05, 3.63) is 37.4 Å². The Kier molecular flexibility index (Phi) is 18.5. The van der Waals surface area contributed by atoms with Gasteiger partial charge in [0.1, 0.15) is 24.8 Å². The summed E-state index contributed by atoms with van der Waals surface area (Å²) in [6, 6.07) is 0. The summed E-state index contributed by atoms with van der Waals surface area (Å²) in [6.07, 6.45) is 17.6. The van der Waals surface area contributed by atoms with E-state index in [2.05, 4.69) is 69.6 Å². The molecule has 0 radical (unpaired) electrons. The van der Waals surface area contributed by atoms with Crippen molar-refractivity contribution in [2.24, 2.45) is 14.1 Å². The van der Waals surface area contributed by atoms with E-state index in [4.69, 9.17) is 0 Å². The highest BCUT2D eigenvalue weighted by molar-refractivity contribution is 8.05. The maximum absolute atomic E-state index is 11.5. The third-order valence-corrected chi connectivity index (χ3v) is 6.99. The molecule has 0 unspecified atom stereocenters. The number of nitrogens with zero attached hydrogens (tertiary/aromatic N) is 4. The molecule has 0 amide bonds. The minimum Gasteiger partial charge on any atom is -1.00 e. The highest BCUT2D eigenvalue weighted by atomic mass is 35.5. The van der Waals surface area contributed by atoms with Gasteiger partial charge in [0.25, 0.3) is 0 Å². The standard InChI is InChI=1S/2C8H15N2.C2HF6NO4S2.2ClH/c2*1-3-4-5-10-7-6-9(2)8-10;3-1(4,5)14(10,11)9-15(12,13)2(6,7)8;;/h2*6-8H,3-5H2,1-2H3;9H;2*1H/q2*+1;;;/p-2. The van der Waals surface area contributed by atoms with Crippen molar-refractivity contribution in [1.82, 2.24) is 13.3 Å². The fourth-order valence-electron chi connectivity index (χ4n) is 2.19. The predicted molar refractivity (Wildman–Crippen MR) is 114 cm³/mol. The summed E-state index contributed by atoms with van der Waals surface area (Å²) >= 11 is 0. The van der Waals surface area contributed by atoms with Crippen LogP contribution in [-0.4, -0.2) is 37.0 Å². The van der Waals surface area contributed by atoms with Crippen LogP contribution in [0, 0.1) is 0 Å². The number of halogens is 8. The Morgan fingerprint density at radius 3 is 1.19 bits per heavy atom. The number of sulfonamides is 2. The molecule has 0 aliphatic rings. The molecule has 37 heavy (non-hydrogen) atoms. The fourth-order valence-corrected chi connectivity index (χ4v) is 4.10. The third-order valence-electron chi connectivity index (χ3n) is 4.02. The van der Waals surface area contributed by atoms with Crippen molar-refractivity contribution in [3.8, 4) is 0 Å². The van der Waals surface area contributed by atoms with Crippen LogP contribution < -0.4 is 38.1 Å². The first-order chi connectivity index (χ1) is 15.9. The summed E-state index contributed by atoms with van der Waals surface area (Å²) in [4.78, 5) is 0. The van der Waals surface area contributed by atoms with E-state index in [9.17, 15) is 43.2 Å². The number of aromatic nitrogens is 4. The van der Waals surface area contributed by atoms with Gasteiger partial charge in [-0.3, -0.25) is 0 Å². The van der Waals surface area contributed by atoms with E-state index < -0.39 is 35.2 Å². The summed E-state index contributed by atoms with van der Waals surface area (Å²) in [7, 11) is -9.10. The van der Waals surface area contributed by atoms with Crippen LogP contribution in [0.4, 0.5) is 26.3 Å². The second-order valence-corrected chi connectivity index (χ2v) is 10.9. The molecule has 1 N–H and O–H groups in total. The molecule has 0 saturated carbocycles. The van der Waals surface area contributed by atoms with Gasteiger partial charge in [0.2, 0.25) is 12.7 Å². The maximum Gasteiger partial charge on any atom is 0.512 e. The van der Waals surface area contributed by atoms with E-state index >= 15 is 0 Å². The number of hydrogen-bond acceptors (Lipinski definition) is 4. The van der Waals surface area contributed by atoms with Gasteiger partial charge in [0, 0.05) is 0 Å². The maximum atomic E-state index is 11.5. The first-order valence-electron chi connectivity index (χ1n) is 10.3. The molecule has 9 nitrogen and oxygen atoms in total. The van der Waals surface area contributed by atoms with E-state index in [1.807, 2.05) is 14.1 Å². The molecule has 0 fully saturated rings. The third kappa shape index (κ3) is 15.4. The van der Waals surface area contributed by atoms with E-state index in [1.165, 1.54) is 25.7 Å². The molecule has 2 aromatic heterocycles. The summed E-state index contributed by atoms with van der Waals surface area (Å²) in [5.74, 6) is 0. The van der Waals surface area contributed by atoms with Crippen LogP contribution in [0.2, 0.25) is 0 Å². The molecular formula is C18H31Cl2F6N5O4S2. The molecule has 19 heteroatoms.